The number of benzene rings is 1. The van der Waals surface area contributed by atoms with Crippen molar-refractivity contribution in [1.29, 1.82) is 0 Å². The molecular formula is C18H28FNO5S. The molecule has 0 aliphatic carbocycles. The van der Waals surface area contributed by atoms with E-state index in [1.54, 1.807) is 26.8 Å². The van der Waals surface area contributed by atoms with Crippen LogP contribution >= 0.6 is 0 Å². The monoisotopic (exact) mass is 389 g/mol. The molecule has 2 N–H and O–H groups in total. The van der Waals surface area contributed by atoms with Crippen LogP contribution in [0, 0.1) is 11.7 Å². The average Bonchev–Trinajstić information content (AvgIpc) is 2.50. The number of aliphatic carboxylic acids is 1. The highest BCUT2D eigenvalue weighted by molar-refractivity contribution is 7.90. The Balaban J connectivity index is 2.95. The number of ether oxygens (including phenoxy) is 1. The molecule has 26 heavy (non-hydrogen) atoms. The lowest BCUT2D eigenvalue weighted by Crippen LogP contribution is -2.45. The van der Waals surface area contributed by atoms with Crippen LogP contribution in [0.25, 0.3) is 0 Å². The van der Waals surface area contributed by atoms with E-state index in [2.05, 4.69) is 4.72 Å². The molecule has 0 amide bonds. The lowest BCUT2D eigenvalue weighted by atomic mass is 9.97. The Kier molecular flexibility index (Phi) is 7.58. The van der Waals surface area contributed by atoms with Crippen LogP contribution in [0.2, 0.25) is 0 Å². The number of nitrogens with one attached hydrogen (secondary N) is 1. The molecule has 0 saturated heterocycles. The van der Waals surface area contributed by atoms with Crippen molar-refractivity contribution in [3.8, 4) is 5.75 Å². The summed E-state index contributed by atoms with van der Waals surface area (Å²) in [5.74, 6) is -1.75. The van der Waals surface area contributed by atoms with Gasteiger partial charge in [-0.2, -0.15) is 0 Å². The molecule has 6 nitrogen and oxygen atoms in total. The van der Waals surface area contributed by atoms with Crippen molar-refractivity contribution in [2.24, 2.45) is 5.92 Å². The molecule has 0 saturated carbocycles. The predicted molar refractivity (Wildman–Crippen MR) is 98.3 cm³/mol. The Morgan fingerprint density at radius 3 is 2.42 bits per heavy atom. The summed E-state index contributed by atoms with van der Waals surface area (Å²) < 4.78 is 45.1. The molecule has 1 rings (SSSR count). The minimum Gasteiger partial charge on any atom is -0.497 e. The first-order valence-electron chi connectivity index (χ1n) is 8.44. The van der Waals surface area contributed by atoms with E-state index < -0.39 is 38.5 Å². The zero-order valence-electron chi connectivity index (χ0n) is 15.9. The Morgan fingerprint density at radius 1 is 1.31 bits per heavy atom. The SMILES string of the molecule is COc1cc(F)cc(CCC(CC(C)C(=O)O)NS(=O)(=O)C(C)(C)C)c1. The summed E-state index contributed by atoms with van der Waals surface area (Å²) in [6.07, 6.45) is 0.883. The maximum atomic E-state index is 13.6. The Labute approximate surface area is 154 Å². The van der Waals surface area contributed by atoms with Crippen LogP contribution in [0.15, 0.2) is 18.2 Å². The third kappa shape index (κ3) is 6.57. The molecule has 0 bridgehead atoms. The summed E-state index contributed by atoms with van der Waals surface area (Å²) >= 11 is 0. The number of methoxy groups -OCH3 is 1. The van der Waals surface area contributed by atoms with E-state index in [1.807, 2.05) is 0 Å². The van der Waals surface area contributed by atoms with E-state index >= 15 is 0 Å². The largest absolute Gasteiger partial charge is 0.497 e. The Bertz CT molecular complexity index is 728. The average molecular weight is 389 g/mol. The van der Waals surface area contributed by atoms with Crippen LogP contribution in [0.3, 0.4) is 0 Å². The zero-order chi connectivity index (χ0) is 20.1. The van der Waals surface area contributed by atoms with Crippen molar-refractivity contribution < 1.29 is 27.4 Å². The van der Waals surface area contributed by atoms with Gasteiger partial charge in [-0.25, -0.2) is 17.5 Å². The molecule has 148 valence electrons. The summed E-state index contributed by atoms with van der Waals surface area (Å²) in [5, 5.41) is 9.14. The Morgan fingerprint density at radius 2 is 1.92 bits per heavy atom. The number of hydrogen-bond acceptors (Lipinski definition) is 4. The zero-order valence-corrected chi connectivity index (χ0v) is 16.7. The van der Waals surface area contributed by atoms with Gasteiger partial charge in [0.1, 0.15) is 11.6 Å². The van der Waals surface area contributed by atoms with Gasteiger partial charge >= 0.3 is 5.97 Å². The molecule has 1 aromatic rings. The van der Waals surface area contributed by atoms with E-state index in [9.17, 15) is 17.6 Å². The fraction of sp³-hybridized carbons (Fsp3) is 0.611. The molecule has 8 heteroatoms. The van der Waals surface area contributed by atoms with Crippen molar-refractivity contribution in [2.45, 2.75) is 57.7 Å². The maximum absolute atomic E-state index is 13.6. The molecule has 2 atom stereocenters. The third-order valence-corrected chi connectivity index (χ3v) is 6.39. The smallest absolute Gasteiger partial charge is 0.306 e. The van der Waals surface area contributed by atoms with Crippen LogP contribution in [0.1, 0.15) is 46.1 Å². The van der Waals surface area contributed by atoms with Crippen LogP contribution in [-0.2, 0) is 21.2 Å². The van der Waals surface area contributed by atoms with Crippen molar-refractivity contribution in [3.63, 3.8) is 0 Å². The summed E-state index contributed by atoms with van der Waals surface area (Å²) in [7, 11) is -2.20. The molecule has 2 unspecified atom stereocenters. The van der Waals surface area contributed by atoms with E-state index in [4.69, 9.17) is 9.84 Å². The van der Waals surface area contributed by atoms with Gasteiger partial charge in [0.25, 0.3) is 0 Å². The third-order valence-electron chi connectivity index (χ3n) is 4.14. The molecule has 0 radical (unpaired) electrons. The molecule has 0 heterocycles. The molecule has 0 aromatic heterocycles. The lowest BCUT2D eigenvalue weighted by molar-refractivity contribution is -0.141. The molecular weight excluding hydrogens is 361 g/mol. The number of carboxylic acids is 1. The summed E-state index contributed by atoms with van der Waals surface area (Å²) in [6.45, 7) is 6.26. The lowest BCUT2D eigenvalue weighted by Gasteiger charge is -2.26. The minimum atomic E-state index is -3.64. The van der Waals surface area contributed by atoms with Crippen molar-refractivity contribution in [1.82, 2.24) is 4.72 Å². The fourth-order valence-corrected chi connectivity index (χ4v) is 3.38. The van der Waals surface area contributed by atoms with Crippen molar-refractivity contribution in [2.75, 3.05) is 7.11 Å². The molecule has 0 aliphatic heterocycles. The van der Waals surface area contributed by atoms with E-state index in [0.717, 1.165) is 0 Å². The molecule has 0 aliphatic rings. The van der Waals surface area contributed by atoms with E-state index in [-0.39, 0.29) is 6.42 Å². The van der Waals surface area contributed by atoms with E-state index in [0.29, 0.717) is 24.2 Å². The molecule has 1 aromatic carbocycles. The highest BCUT2D eigenvalue weighted by Crippen LogP contribution is 2.21. The molecule has 0 spiro atoms. The summed E-state index contributed by atoms with van der Waals surface area (Å²) in [4.78, 5) is 11.2. The summed E-state index contributed by atoms with van der Waals surface area (Å²) in [5.41, 5.74) is 0.657. The van der Waals surface area contributed by atoms with Crippen LogP contribution in [0.4, 0.5) is 4.39 Å². The number of sulfonamides is 1. The van der Waals surface area contributed by atoms with Gasteiger partial charge in [-0.1, -0.05) is 6.92 Å². The maximum Gasteiger partial charge on any atom is 0.306 e. The predicted octanol–water partition coefficient (Wildman–Crippen LogP) is 2.96. The quantitative estimate of drug-likeness (QED) is 0.677. The Hall–Kier alpha value is -1.67. The van der Waals surface area contributed by atoms with Gasteiger partial charge in [0.15, 0.2) is 0 Å². The first-order valence-corrected chi connectivity index (χ1v) is 9.92. The van der Waals surface area contributed by atoms with Gasteiger partial charge in [0.05, 0.1) is 17.8 Å². The van der Waals surface area contributed by atoms with Crippen LogP contribution < -0.4 is 9.46 Å². The van der Waals surface area contributed by atoms with Crippen molar-refractivity contribution in [3.05, 3.63) is 29.6 Å². The first kappa shape index (κ1) is 22.4. The second-order valence-corrected chi connectivity index (χ2v) is 9.91. The van der Waals surface area contributed by atoms with Crippen LogP contribution in [0.5, 0.6) is 5.75 Å². The number of carbonyl (C=O) groups is 1. The normalized spacial score (nSPS) is 14.7. The second kappa shape index (κ2) is 8.81. The number of carboxylic acid groups (broad SMARTS) is 1. The first-order chi connectivity index (χ1) is 11.9. The van der Waals surface area contributed by atoms with E-state index in [1.165, 1.54) is 26.2 Å². The van der Waals surface area contributed by atoms with Gasteiger partial charge < -0.3 is 9.84 Å². The topological polar surface area (TPSA) is 92.7 Å². The number of aryl methyl sites for hydroxylation is 1. The summed E-state index contributed by atoms with van der Waals surface area (Å²) in [6, 6.07) is 3.73. The number of hydrogen-bond donors (Lipinski definition) is 2. The van der Waals surface area contributed by atoms with Crippen molar-refractivity contribution >= 4 is 16.0 Å². The highest BCUT2D eigenvalue weighted by atomic mass is 32.2. The number of rotatable bonds is 9. The van der Waals surface area contributed by atoms with Gasteiger partial charge in [0.2, 0.25) is 10.0 Å². The molecule has 0 fully saturated rings. The second-order valence-electron chi connectivity index (χ2n) is 7.44. The minimum absolute atomic E-state index is 0.150. The van der Waals surface area contributed by atoms with Gasteiger partial charge in [-0.05, 0) is 57.7 Å². The number of halogens is 1. The highest BCUT2D eigenvalue weighted by Gasteiger charge is 2.32. The van der Waals surface area contributed by atoms with Gasteiger partial charge in [-0.15, -0.1) is 0 Å². The van der Waals surface area contributed by atoms with Crippen LogP contribution in [-0.4, -0.2) is 37.4 Å². The standard InChI is InChI=1S/C18H28FNO5S/c1-12(17(21)22)8-15(20-26(23,24)18(2,3)4)7-6-13-9-14(19)11-16(10-13)25-5/h9-12,15,20H,6-8H2,1-5H3,(H,21,22). The van der Waals surface area contributed by atoms with Gasteiger partial charge in [-0.3, -0.25) is 4.79 Å². The van der Waals surface area contributed by atoms with Gasteiger partial charge in [0, 0.05) is 12.1 Å². The fourth-order valence-electron chi connectivity index (χ4n) is 2.37.